The van der Waals surface area contributed by atoms with Crippen LogP contribution in [0, 0.1) is 17.0 Å². The van der Waals surface area contributed by atoms with Gasteiger partial charge in [0.1, 0.15) is 0 Å². The average molecular weight is 142 g/mol. The number of hydrogen-bond acceptors (Lipinski definition) is 3. The van der Waals surface area contributed by atoms with E-state index in [9.17, 15) is 10.1 Å². The molecule has 1 aromatic rings. The Morgan fingerprint density at radius 2 is 2.44 bits per heavy atom. The van der Waals surface area contributed by atoms with E-state index >= 15 is 0 Å². The molecule has 1 aromatic heterocycles. The van der Waals surface area contributed by atoms with E-state index in [2.05, 4.69) is 6.92 Å². The predicted octanol–water partition coefficient (Wildman–Crippen LogP) is 1.84. The van der Waals surface area contributed by atoms with Crippen LogP contribution in [0.25, 0.3) is 0 Å². The van der Waals surface area contributed by atoms with E-state index < -0.39 is 4.92 Å². The van der Waals surface area contributed by atoms with Crippen LogP contribution >= 0.6 is 11.3 Å². The Labute approximate surface area is 56.1 Å². The molecule has 1 rings (SSSR count). The summed E-state index contributed by atoms with van der Waals surface area (Å²) < 4.78 is 0. The van der Waals surface area contributed by atoms with Gasteiger partial charge in [-0.15, -0.1) is 11.3 Å². The van der Waals surface area contributed by atoms with E-state index in [-0.39, 0.29) is 5.69 Å². The van der Waals surface area contributed by atoms with Crippen molar-refractivity contribution in [2.45, 2.75) is 0 Å². The molecule has 0 saturated heterocycles. The molecule has 0 atom stereocenters. The zero-order chi connectivity index (χ0) is 6.85. The smallest absolute Gasteiger partial charge is 0.258 e. The van der Waals surface area contributed by atoms with E-state index in [4.69, 9.17) is 0 Å². The minimum Gasteiger partial charge on any atom is -0.258 e. The van der Waals surface area contributed by atoms with Crippen molar-refractivity contribution in [2.24, 2.45) is 0 Å². The lowest BCUT2D eigenvalue weighted by Crippen LogP contribution is -1.85. The Morgan fingerprint density at radius 3 is 2.67 bits per heavy atom. The summed E-state index contributed by atoms with van der Waals surface area (Å²) in [7, 11) is 0. The SMILES string of the molecule is [CH2]c1sccc1[N+](=O)[O-]. The summed E-state index contributed by atoms with van der Waals surface area (Å²) in [5, 5.41) is 11.7. The Morgan fingerprint density at radius 1 is 1.78 bits per heavy atom. The summed E-state index contributed by atoms with van der Waals surface area (Å²) in [6.45, 7) is 3.48. The van der Waals surface area contributed by atoms with Crippen molar-refractivity contribution < 1.29 is 4.92 Å². The van der Waals surface area contributed by atoms with Gasteiger partial charge in [0.2, 0.25) is 0 Å². The highest BCUT2D eigenvalue weighted by atomic mass is 32.1. The number of hydrogen-bond donors (Lipinski definition) is 0. The fourth-order valence-corrected chi connectivity index (χ4v) is 1.12. The number of nitro groups is 1. The van der Waals surface area contributed by atoms with Gasteiger partial charge in [0.05, 0.1) is 9.80 Å². The molecule has 47 valence electrons. The lowest BCUT2D eigenvalue weighted by molar-refractivity contribution is -0.384. The molecule has 0 spiro atoms. The third kappa shape index (κ3) is 1.08. The van der Waals surface area contributed by atoms with Gasteiger partial charge in [0.15, 0.2) is 0 Å². The minimum absolute atomic E-state index is 0.111. The van der Waals surface area contributed by atoms with E-state index in [1.165, 1.54) is 17.4 Å². The highest BCUT2D eigenvalue weighted by Gasteiger charge is 2.08. The summed E-state index contributed by atoms with van der Waals surface area (Å²) in [5.41, 5.74) is 0.111. The van der Waals surface area contributed by atoms with Crippen molar-refractivity contribution in [1.82, 2.24) is 0 Å². The molecule has 0 unspecified atom stereocenters. The maximum absolute atomic E-state index is 10.1. The first-order valence-electron chi connectivity index (χ1n) is 2.25. The largest absolute Gasteiger partial charge is 0.283 e. The van der Waals surface area contributed by atoms with Gasteiger partial charge in [-0.05, 0) is 12.3 Å². The fourth-order valence-electron chi connectivity index (χ4n) is 0.497. The maximum Gasteiger partial charge on any atom is 0.283 e. The molecule has 0 aliphatic carbocycles. The van der Waals surface area contributed by atoms with Gasteiger partial charge in [-0.1, -0.05) is 0 Å². The summed E-state index contributed by atoms with van der Waals surface area (Å²) >= 11 is 1.28. The average Bonchev–Trinajstić information content (AvgIpc) is 2.13. The topological polar surface area (TPSA) is 43.1 Å². The van der Waals surface area contributed by atoms with Crippen LogP contribution in [0.2, 0.25) is 0 Å². The van der Waals surface area contributed by atoms with Crippen LogP contribution in [0.4, 0.5) is 5.69 Å². The normalized spacial score (nSPS) is 9.44. The summed E-state index contributed by atoms with van der Waals surface area (Å²) in [6, 6.07) is 1.45. The zero-order valence-electron chi connectivity index (χ0n) is 4.53. The number of thiophene rings is 1. The molecular weight excluding hydrogens is 138 g/mol. The van der Waals surface area contributed by atoms with Gasteiger partial charge < -0.3 is 0 Å². The van der Waals surface area contributed by atoms with Crippen molar-refractivity contribution in [3.8, 4) is 0 Å². The lowest BCUT2D eigenvalue weighted by Gasteiger charge is -1.83. The fraction of sp³-hybridized carbons (Fsp3) is 0. The van der Waals surface area contributed by atoms with E-state index in [1.54, 1.807) is 5.38 Å². The Balaban J connectivity index is 3.08. The highest BCUT2D eigenvalue weighted by molar-refractivity contribution is 7.10. The molecule has 0 aliphatic rings. The van der Waals surface area contributed by atoms with Gasteiger partial charge in [-0.2, -0.15) is 0 Å². The molecule has 0 aromatic carbocycles. The lowest BCUT2D eigenvalue weighted by atomic mass is 10.4. The Kier molecular flexibility index (Phi) is 1.48. The van der Waals surface area contributed by atoms with Crippen molar-refractivity contribution in [2.75, 3.05) is 0 Å². The molecule has 0 bridgehead atoms. The molecule has 9 heavy (non-hydrogen) atoms. The van der Waals surface area contributed by atoms with Crippen LogP contribution in [0.1, 0.15) is 4.88 Å². The molecular formula is C5H4NO2S. The van der Waals surface area contributed by atoms with E-state index in [1.807, 2.05) is 0 Å². The Hall–Kier alpha value is -0.900. The van der Waals surface area contributed by atoms with Crippen molar-refractivity contribution >= 4 is 17.0 Å². The molecule has 3 nitrogen and oxygen atoms in total. The Bertz CT molecular complexity index is 231. The molecule has 0 saturated carbocycles. The molecule has 4 heteroatoms. The summed E-state index contributed by atoms with van der Waals surface area (Å²) in [6.07, 6.45) is 0. The molecule has 0 aliphatic heterocycles. The quantitative estimate of drug-likeness (QED) is 0.443. The second-order valence-electron chi connectivity index (χ2n) is 1.49. The van der Waals surface area contributed by atoms with Crippen LogP contribution in [-0.4, -0.2) is 4.92 Å². The second kappa shape index (κ2) is 2.14. The second-order valence-corrected chi connectivity index (χ2v) is 2.49. The first-order valence-corrected chi connectivity index (χ1v) is 3.13. The van der Waals surface area contributed by atoms with Gasteiger partial charge in [0, 0.05) is 6.07 Å². The summed E-state index contributed by atoms with van der Waals surface area (Å²) in [5.74, 6) is 0. The number of nitrogens with zero attached hydrogens (tertiary/aromatic N) is 1. The van der Waals surface area contributed by atoms with Gasteiger partial charge in [-0.25, -0.2) is 0 Å². The van der Waals surface area contributed by atoms with Crippen LogP contribution in [0.3, 0.4) is 0 Å². The zero-order valence-corrected chi connectivity index (χ0v) is 5.35. The van der Waals surface area contributed by atoms with Crippen LogP contribution < -0.4 is 0 Å². The third-order valence-electron chi connectivity index (χ3n) is 0.919. The summed E-state index contributed by atoms with van der Waals surface area (Å²) in [4.78, 5) is 10.1. The minimum atomic E-state index is -0.432. The molecule has 1 radical (unpaired) electrons. The van der Waals surface area contributed by atoms with Crippen molar-refractivity contribution in [3.63, 3.8) is 0 Å². The molecule has 1 heterocycles. The molecule has 0 N–H and O–H groups in total. The van der Waals surface area contributed by atoms with Gasteiger partial charge in [-0.3, -0.25) is 10.1 Å². The molecule has 0 fully saturated rings. The third-order valence-corrected chi connectivity index (χ3v) is 1.68. The first kappa shape index (κ1) is 6.22. The van der Waals surface area contributed by atoms with E-state index in [0.717, 1.165) is 0 Å². The number of rotatable bonds is 1. The maximum atomic E-state index is 10.1. The van der Waals surface area contributed by atoms with E-state index in [0.29, 0.717) is 4.88 Å². The monoisotopic (exact) mass is 142 g/mol. The van der Waals surface area contributed by atoms with Crippen LogP contribution in [-0.2, 0) is 0 Å². The van der Waals surface area contributed by atoms with Crippen molar-refractivity contribution in [1.29, 1.82) is 0 Å². The highest BCUT2D eigenvalue weighted by Crippen LogP contribution is 2.22. The first-order chi connectivity index (χ1) is 4.22. The predicted molar refractivity (Wildman–Crippen MR) is 35.4 cm³/mol. The van der Waals surface area contributed by atoms with Gasteiger partial charge in [0.25, 0.3) is 5.69 Å². The van der Waals surface area contributed by atoms with Crippen LogP contribution in [0.15, 0.2) is 11.4 Å². The molecule has 0 amide bonds. The standard InChI is InChI=1S/C5H4NO2S/c1-4-5(6(7)8)2-3-9-4/h2-3H,1H2. The van der Waals surface area contributed by atoms with Crippen LogP contribution in [0.5, 0.6) is 0 Å². The van der Waals surface area contributed by atoms with Gasteiger partial charge >= 0.3 is 0 Å². The van der Waals surface area contributed by atoms with Crippen molar-refractivity contribution in [3.05, 3.63) is 33.4 Å².